The number of carbonyl (C=O) groups is 2. The predicted octanol–water partition coefficient (Wildman–Crippen LogP) is 1.76. The lowest BCUT2D eigenvalue weighted by atomic mass is 10.2. The zero-order valence-electron chi connectivity index (χ0n) is 11.7. The van der Waals surface area contributed by atoms with Crippen LogP contribution in [-0.2, 0) is 14.3 Å². The van der Waals surface area contributed by atoms with Crippen molar-refractivity contribution >= 4 is 23.3 Å². The van der Waals surface area contributed by atoms with Crippen molar-refractivity contribution in [1.82, 2.24) is 0 Å². The minimum Gasteiger partial charge on any atom is -0.459 e. The fourth-order valence-corrected chi connectivity index (χ4v) is 1.21. The van der Waals surface area contributed by atoms with Crippen molar-refractivity contribution in [2.45, 2.75) is 13.8 Å². The van der Waals surface area contributed by atoms with Crippen LogP contribution in [0.15, 0.2) is 30.9 Å². The lowest BCUT2D eigenvalue weighted by molar-refractivity contribution is -0.138. The molecule has 0 saturated carbocycles. The van der Waals surface area contributed by atoms with Gasteiger partial charge in [0.1, 0.15) is 13.2 Å². The molecule has 0 radical (unpaired) electrons. The van der Waals surface area contributed by atoms with E-state index in [4.69, 9.17) is 16.2 Å². The Kier molecular flexibility index (Phi) is 8.25. The second-order valence-corrected chi connectivity index (χ2v) is 3.40. The Balaban J connectivity index is 0.00000172. The SMILES string of the molecule is C=CC(=O)OCCOC(=O)c1cc(N)cc(N)c1.CC. The number of rotatable bonds is 5. The van der Waals surface area contributed by atoms with Crippen LogP contribution < -0.4 is 11.5 Å². The van der Waals surface area contributed by atoms with Gasteiger partial charge in [-0.15, -0.1) is 0 Å². The zero-order valence-corrected chi connectivity index (χ0v) is 11.7. The Labute approximate surface area is 118 Å². The molecule has 1 aromatic rings. The van der Waals surface area contributed by atoms with Crippen LogP contribution >= 0.6 is 0 Å². The van der Waals surface area contributed by atoms with Crippen molar-refractivity contribution in [3.05, 3.63) is 36.4 Å². The molecule has 0 fully saturated rings. The third-order valence-corrected chi connectivity index (χ3v) is 1.94. The second kappa shape index (κ2) is 9.43. The Morgan fingerprint density at radius 2 is 1.60 bits per heavy atom. The van der Waals surface area contributed by atoms with Gasteiger partial charge >= 0.3 is 11.9 Å². The van der Waals surface area contributed by atoms with E-state index in [-0.39, 0.29) is 18.8 Å². The first kappa shape index (κ1) is 17.5. The minimum absolute atomic E-state index is 0.0333. The molecule has 0 unspecified atom stereocenters. The Morgan fingerprint density at radius 1 is 1.10 bits per heavy atom. The van der Waals surface area contributed by atoms with Gasteiger partial charge in [0.15, 0.2) is 0 Å². The summed E-state index contributed by atoms with van der Waals surface area (Å²) in [6.07, 6.45) is 1.03. The van der Waals surface area contributed by atoms with Gasteiger partial charge in [-0.2, -0.15) is 0 Å². The first-order valence-corrected chi connectivity index (χ1v) is 6.15. The monoisotopic (exact) mass is 280 g/mol. The third-order valence-electron chi connectivity index (χ3n) is 1.94. The summed E-state index contributed by atoms with van der Waals surface area (Å²) in [5, 5.41) is 0. The summed E-state index contributed by atoms with van der Waals surface area (Å²) in [5.74, 6) is -1.15. The van der Waals surface area contributed by atoms with Gasteiger partial charge < -0.3 is 20.9 Å². The number of hydrogen-bond donors (Lipinski definition) is 2. The molecule has 0 spiro atoms. The van der Waals surface area contributed by atoms with E-state index in [1.165, 1.54) is 18.2 Å². The highest BCUT2D eigenvalue weighted by molar-refractivity contribution is 5.91. The summed E-state index contributed by atoms with van der Waals surface area (Å²) < 4.78 is 9.51. The summed E-state index contributed by atoms with van der Waals surface area (Å²) >= 11 is 0. The normalized spacial score (nSPS) is 8.90. The van der Waals surface area contributed by atoms with Crippen molar-refractivity contribution in [2.24, 2.45) is 0 Å². The average Bonchev–Trinajstić information content (AvgIpc) is 2.44. The molecule has 0 aliphatic carbocycles. The molecule has 0 amide bonds. The number of hydrogen-bond acceptors (Lipinski definition) is 6. The fourth-order valence-electron chi connectivity index (χ4n) is 1.21. The molecule has 6 heteroatoms. The van der Waals surface area contributed by atoms with Crippen molar-refractivity contribution in [3.63, 3.8) is 0 Å². The van der Waals surface area contributed by atoms with Gasteiger partial charge in [0.25, 0.3) is 0 Å². The minimum atomic E-state index is -0.580. The van der Waals surface area contributed by atoms with E-state index in [1.807, 2.05) is 13.8 Å². The summed E-state index contributed by atoms with van der Waals surface area (Å²) in [7, 11) is 0. The van der Waals surface area contributed by atoms with Crippen LogP contribution in [0.25, 0.3) is 0 Å². The predicted molar refractivity (Wildman–Crippen MR) is 78.1 cm³/mol. The molecule has 0 saturated heterocycles. The number of ether oxygens (including phenoxy) is 2. The molecule has 4 N–H and O–H groups in total. The third kappa shape index (κ3) is 6.44. The number of anilines is 2. The number of benzene rings is 1. The Morgan fingerprint density at radius 3 is 2.10 bits per heavy atom. The van der Waals surface area contributed by atoms with E-state index >= 15 is 0 Å². The highest BCUT2D eigenvalue weighted by Crippen LogP contribution is 2.14. The van der Waals surface area contributed by atoms with E-state index in [2.05, 4.69) is 11.3 Å². The maximum absolute atomic E-state index is 11.6. The molecule has 0 bridgehead atoms. The molecule has 1 aromatic carbocycles. The van der Waals surface area contributed by atoms with Crippen LogP contribution in [0.5, 0.6) is 0 Å². The summed E-state index contributed by atoms with van der Waals surface area (Å²) in [6, 6.07) is 4.44. The maximum Gasteiger partial charge on any atom is 0.338 e. The summed E-state index contributed by atoms with van der Waals surface area (Å²) in [4.78, 5) is 22.3. The maximum atomic E-state index is 11.6. The van der Waals surface area contributed by atoms with Crippen molar-refractivity contribution in [3.8, 4) is 0 Å². The van der Waals surface area contributed by atoms with Gasteiger partial charge in [-0.25, -0.2) is 9.59 Å². The number of nitrogens with two attached hydrogens (primary N) is 2. The van der Waals surface area contributed by atoms with Crippen molar-refractivity contribution in [1.29, 1.82) is 0 Å². The Hall–Kier alpha value is -2.50. The van der Waals surface area contributed by atoms with Gasteiger partial charge in [-0.1, -0.05) is 20.4 Å². The number of esters is 2. The quantitative estimate of drug-likeness (QED) is 0.368. The van der Waals surface area contributed by atoms with Gasteiger partial charge in [-0.05, 0) is 18.2 Å². The van der Waals surface area contributed by atoms with Gasteiger partial charge in [0, 0.05) is 17.5 Å². The first-order valence-electron chi connectivity index (χ1n) is 6.15. The van der Waals surface area contributed by atoms with Gasteiger partial charge in [0.05, 0.1) is 5.56 Å². The van der Waals surface area contributed by atoms with Gasteiger partial charge in [0.2, 0.25) is 0 Å². The van der Waals surface area contributed by atoms with Crippen molar-refractivity contribution in [2.75, 3.05) is 24.7 Å². The lowest BCUT2D eigenvalue weighted by Gasteiger charge is -2.06. The average molecular weight is 280 g/mol. The van der Waals surface area contributed by atoms with E-state index < -0.39 is 11.9 Å². The Bertz CT molecular complexity index is 452. The molecule has 0 aliphatic heterocycles. The number of nitrogen functional groups attached to an aromatic ring is 2. The topological polar surface area (TPSA) is 105 Å². The van der Waals surface area contributed by atoms with Crippen LogP contribution in [-0.4, -0.2) is 25.2 Å². The standard InChI is InChI=1S/C12H14N2O4.C2H6/c1-2-11(15)17-3-4-18-12(16)8-5-9(13)7-10(14)6-8;1-2/h2,5-7H,1,3-4,13-14H2;1-2H3. The smallest absolute Gasteiger partial charge is 0.338 e. The largest absolute Gasteiger partial charge is 0.459 e. The van der Waals surface area contributed by atoms with Crippen LogP contribution in [0.3, 0.4) is 0 Å². The van der Waals surface area contributed by atoms with Crippen LogP contribution in [0.1, 0.15) is 24.2 Å². The lowest BCUT2D eigenvalue weighted by Crippen LogP contribution is -2.13. The molecule has 0 aromatic heterocycles. The highest BCUT2D eigenvalue weighted by atomic mass is 16.6. The highest BCUT2D eigenvalue weighted by Gasteiger charge is 2.08. The molecule has 1 rings (SSSR count). The molecule has 6 nitrogen and oxygen atoms in total. The zero-order chi connectivity index (χ0) is 15.5. The first-order chi connectivity index (χ1) is 9.52. The van der Waals surface area contributed by atoms with E-state index in [0.717, 1.165) is 6.08 Å². The van der Waals surface area contributed by atoms with E-state index in [9.17, 15) is 9.59 Å². The number of carbonyl (C=O) groups excluding carboxylic acids is 2. The van der Waals surface area contributed by atoms with Crippen molar-refractivity contribution < 1.29 is 19.1 Å². The van der Waals surface area contributed by atoms with Gasteiger partial charge in [-0.3, -0.25) is 0 Å². The van der Waals surface area contributed by atoms with E-state index in [1.54, 1.807) is 0 Å². The molecule has 0 atom stereocenters. The fraction of sp³-hybridized carbons (Fsp3) is 0.286. The molecular weight excluding hydrogens is 260 g/mol. The molecule has 0 aliphatic rings. The van der Waals surface area contributed by atoms with E-state index in [0.29, 0.717) is 11.4 Å². The molecule has 0 heterocycles. The van der Waals surface area contributed by atoms with Crippen LogP contribution in [0, 0.1) is 0 Å². The van der Waals surface area contributed by atoms with Crippen LogP contribution in [0.4, 0.5) is 11.4 Å². The second-order valence-electron chi connectivity index (χ2n) is 3.40. The molecule has 20 heavy (non-hydrogen) atoms. The molecular formula is C14H20N2O4. The van der Waals surface area contributed by atoms with Crippen LogP contribution in [0.2, 0.25) is 0 Å². The summed E-state index contributed by atoms with van der Waals surface area (Å²) in [5.41, 5.74) is 12.1. The molecule has 110 valence electrons. The summed E-state index contributed by atoms with van der Waals surface area (Å²) in [6.45, 7) is 7.15.